The molecule has 7 nitrogen and oxygen atoms in total. The Kier molecular flexibility index (Phi) is 30.6. The van der Waals surface area contributed by atoms with Gasteiger partial charge >= 0.3 is 154 Å². The molecule has 0 aromatic heterocycles. The van der Waals surface area contributed by atoms with Crippen molar-refractivity contribution >= 4 is 7.82 Å². The van der Waals surface area contributed by atoms with Crippen LogP contribution in [0, 0.1) is 44.4 Å². The van der Waals surface area contributed by atoms with Crippen LogP contribution in [0.1, 0.15) is 128 Å². The Hall–Kier alpha value is 3.80. The Morgan fingerprint density at radius 1 is 0.814 bits per heavy atom. The average Bonchev–Trinajstić information content (AvgIpc) is 2.84. The third kappa shape index (κ3) is 20.3. The summed E-state index contributed by atoms with van der Waals surface area (Å²) in [5.41, 5.74) is 10.0. The quantitative estimate of drug-likeness (QED) is 0.147. The summed E-state index contributed by atoms with van der Waals surface area (Å²) in [6, 6.07) is 0. The van der Waals surface area contributed by atoms with Crippen LogP contribution in [0.25, 0.3) is 0 Å². The van der Waals surface area contributed by atoms with E-state index in [2.05, 4.69) is 41.5 Å². The first-order valence-corrected chi connectivity index (χ1v) is 16.9. The van der Waals surface area contributed by atoms with Crippen LogP contribution in [0.15, 0.2) is 0 Å². The van der Waals surface area contributed by atoms with Crippen molar-refractivity contribution in [3.05, 3.63) is 22.3 Å². The largest absolute Gasteiger partial charge is 1.00 e. The monoisotopic (exact) mass is 699 g/mol. The number of phenolic OH excluding ortho intramolecular Hbond substituents is 1. The Morgan fingerprint density at radius 3 is 1.79 bits per heavy atom. The minimum Gasteiger partial charge on any atom is -0.822 e. The predicted molar refractivity (Wildman–Crippen MR) is 159 cm³/mol. The number of hydrogen-bond donors (Lipinski definition) is 2. The van der Waals surface area contributed by atoms with Crippen molar-refractivity contribution in [1.29, 1.82) is 0 Å². The molecule has 0 saturated heterocycles. The fourth-order valence-corrected chi connectivity index (χ4v) is 6.14. The number of nitrogens with two attached hydrogens (primary N) is 1. The van der Waals surface area contributed by atoms with Crippen LogP contribution in [0.4, 0.5) is 0 Å². The van der Waals surface area contributed by atoms with E-state index in [0.29, 0.717) is 11.7 Å². The molecule has 0 radical (unpaired) electrons. The van der Waals surface area contributed by atoms with Crippen molar-refractivity contribution in [3.63, 3.8) is 0 Å². The number of hydrogen-bond acceptors (Lipinski definition) is 7. The van der Waals surface area contributed by atoms with E-state index in [1.54, 1.807) is 0 Å². The van der Waals surface area contributed by atoms with Gasteiger partial charge in [-0.15, -0.1) is 0 Å². The molecule has 11 heteroatoms. The zero-order valence-electron chi connectivity index (χ0n) is 29.5. The zero-order chi connectivity index (χ0) is 30.7. The molecule has 43 heavy (non-hydrogen) atoms. The predicted octanol–water partition coefficient (Wildman–Crippen LogP) is -3.01. The van der Waals surface area contributed by atoms with Crippen molar-refractivity contribution in [1.82, 2.24) is 0 Å². The summed E-state index contributed by atoms with van der Waals surface area (Å²) in [5, 5.41) is 10.5. The number of rotatable bonds is 15. The van der Waals surface area contributed by atoms with Gasteiger partial charge in [-0.1, -0.05) is 72.6 Å². The molecular weight excluding hydrogens is 643 g/mol. The first kappa shape index (κ1) is 51.2. The maximum Gasteiger partial charge on any atom is 1.00 e. The molecule has 1 aliphatic heterocycles. The van der Waals surface area contributed by atoms with Crippen LogP contribution in [0.2, 0.25) is 0 Å². The molecule has 0 spiro atoms. The topological polar surface area (TPSA) is 142 Å². The van der Waals surface area contributed by atoms with Gasteiger partial charge in [0, 0.05) is 5.56 Å². The van der Waals surface area contributed by atoms with E-state index in [9.17, 15) is 5.11 Å². The fourth-order valence-electron chi connectivity index (χ4n) is 6.14. The first-order chi connectivity index (χ1) is 18.5. The molecule has 1 aromatic carbocycles. The Morgan fingerprint density at radius 2 is 1.30 bits per heavy atom. The first-order valence-electron chi connectivity index (χ1n) is 15.4. The van der Waals surface area contributed by atoms with E-state index < -0.39 is 7.82 Å². The molecule has 1 aliphatic rings. The maximum absolute atomic E-state index is 10.5. The summed E-state index contributed by atoms with van der Waals surface area (Å²) < 4.78 is 15.4. The Balaban J connectivity index is -0.00000184. The van der Waals surface area contributed by atoms with Gasteiger partial charge in [0.05, 0.1) is 0 Å². The molecule has 2 rings (SSSR count). The summed E-state index contributed by atoms with van der Waals surface area (Å²) in [5.74, 6) is 4.45. The standard InChI is InChI=1S/C32H57NO2.3K.H3O4P/c1-22(2)12-9-13-23(3)14-10-15-24(4)17-18-28(16-11-21-33)32(8)20-19-29-27(7)30(34)25(5)26(6)31(29)35-32;;;;1-5(2,3)4/h22-24,28,34H,9-21,33H2,1-8H3;;;;(H3,1,2,3,4)/q;3*+1;/p-3/t23-,24-,28?,32+;;;;/m1..../s1. The van der Waals surface area contributed by atoms with Crippen LogP contribution >= 0.6 is 7.82 Å². The summed E-state index contributed by atoms with van der Waals surface area (Å²) in [7, 11) is -5.39. The van der Waals surface area contributed by atoms with Crippen LogP contribution in [0.5, 0.6) is 11.5 Å². The van der Waals surface area contributed by atoms with Gasteiger partial charge in [-0.05, 0) is 107 Å². The number of benzene rings is 1. The summed E-state index contributed by atoms with van der Waals surface area (Å²) in [6.07, 6.45) is 14.9. The molecule has 0 aliphatic carbocycles. The molecule has 1 heterocycles. The van der Waals surface area contributed by atoms with E-state index in [4.69, 9.17) is 29.7 Å². The normalized spacial score (nSPS) is 18.0. The summed E-state index contributed by atoms with van der Waals surface area (Å²) in [4.78, 5) is 25.6. The average molecular weight is 700 g/mol. The summed E-state index contributed by atoms with van der Waals surface area (Å²) >= 11 is 0. The molecule has 234 valence electrons. The molecule has 4 atom stereocenters. The number of phenols is 1. The van der Waals surface area contributed by atoms with E-state index in [0.717, 1.165) is 72.4 Å². The Bertz CT molecular complexity index is 954. The van der Waals surface area contributed by atoms with Gasteiger partial charge in [0.25, 0.3) is 0 Å². The van der Waals surface area contributed by atoms with Gasteiger partial charge in [0.15, 0.2) is 0 Å². The minimum atomic E-state index is -5.39. The number of phosphoric acid groups is 1. The van der Waals surface area contributed by atoms with Gasteiger partial charge in [-0.2, -0.15) is 7.82 Å². The van der Waals surface area contributed by atoms with Crippen LogP contribution in [0.3, 0.4) is 0 Å². The smallest absolute Gasteiger partial charge is 0.822 e. The van der Waals surface area contributed by atoms with Gasteiger partial charge in [-0.3, -0.25) is 0 Å². The second-order valence-corrected chi connectivity index (χ2v) is 14.0. The second-order valence-electron chi connectivity index (χ2n) is 13.1. The van der Waals surface area contributed by atoms with Crippen LogP contribution < -0.4 is 179 Å². The molecule has 0 amide bonds. The fraction of sp³-hybridized carbons (Fsp3) is 0.812. The van der Waals surface area contributed by atoms with Crippen LogP contribution in [-0.2, 0) is 11.0 Å². The van der Waals surface area contributed by atoms with E-state index in [-0.39, 0.29) is 160 Å². The SMILES string of the molecule is Cc1c(C)c2c(c(C)c1O)CC[C@@](C)(C(CCCN)CC[C@H](C)CCC[C@H](C)CCCC(C)C)O2.O=P([O-])([O-])[O-].[K+].[K+].[K+]. The molecule has 0 saturated carbocycles. The van der Waals surface area contributed by atoms with E-state index >= 15 is 0 Å². The summed E-state index contributed by atoms with van der Waals surface area (Å²) in [6.45, 7) is 18.8. The molecule has 1 aromatic rings. The molecule has 0 fully saturated rings. The molecule has 3 N–H and O–H groups in total. The van der Waals surface area contributed by atoms with Crippen LogP contribution in [-0.4, -0.2) is 17.3 Å². The third-order valence-electron chi connectivity index (χ3n) is 9.05. The van der Waals surface area contributed by atoms with Crippen molar-refractivity contribution in [2.45, 2.75) is 138 Å². The Labute approximate surface area is 391 Å². The maximum atomic E-state index is 10.5. The minimum absolute atomic E-state index is 0. The zero-order valence-corrected chi connectivity index (χ0v) is 39.8. The molecule has 1 unspecified atom stereocenters. The van der Waals surface area contributed by atoms with Crippen molar-refractivity contribution < 1.29 is 183 Å². The third-order valence-corrected chi connectivity index (χ3v) is 9.05. The number of aromatic hydroxyl groups is 1. The van der Waals surface area contributed by atoms with Gasteiger partial charge in [0.1, 0.15) is 17.1 Å². The number of ether oxygens (including phenoxy) is 1. The van der Waals surface area contributed by atoms with Crippen molar-refractivity contribution in [3.8, 4) is 11.5 Å². The van der Waals surface area contributed by atoms with Gasteiger partial charge in [0.2, 0.25) is 0 Å². The second kappa shape index (κ2) is 25.7. The number of fused-ring (bicyclic) bond motifs is 1. The van der Waals surface area contributed by atoms with Crippen molar-refractivity contribution in [2.24, 2.45) is 29.4 Å². The van der Waals surface area contributed by atoms with Gasteiger partial charge < -0.3 is 34.8 Å². The molecular formula is C32H57K3NO6P. The van der Waals surface area contributed by atoms with E-state index in [1.165, 1.54) is 56.9 Å². The van der Waals surface area contributed by atoms with Gasteiger partial charge in [-0.25, -0.2) is 0 Å². The molecule has 0 bridgehead atoms. The van der Waals surface area contributed by atoms with Crippen molar-refractivity contribution in [2.75, 3.05) is 6.54 Å². The van der Waals surface area contributed by atoms with E-state index in [1.807, 2.05) is 13.8 Å².